The van der Waals surface area contributed by atoms with Crippen LogP contribution in [0.4, 0.5) is 4.79 Å². The number of hydrogen-bond donors (Lipinski definition) is 1. The zero-order chi connectivity index (χ0) is 24.9. The van der Waals surface area contributed by atoms with Crippen molar-refractivity contribution >= 4 is 18.0 Å². The first kappa shape index (κ1) is 26.0. The third-order valence-corrected chi connectivity index (χ3v) is 6.11. The molecule has 3 rings (SSSR count). The van der Waals surface area contributed by atoms with E-state index in [0.717, 1.165) is 11.1 Å². The summed E-state index contributed by atoms with van der Waals surface area (Å²) in [5, 5.41) is 2.78. The fourth-order valence-corrected chi connectivity index (χ4v) is 4.29. The molecule has 1 aromatic carbocycles. The molecule has 188 valence electrons. The van der Waals surface area contributed by atoms with Crippen LogP contribution in [0.15, 0.2) is 23.2 Å². The highest BCUT2D eigenvalue weighted by atomic mass is 16.7. The second-order valence-electron chi connectivity index (χ2n) is 9.71. The number of hydrogen-bond acceptors (Lipinski definition) is 7. The van der Waals surface area contributed by atoms with Crippen molar-refractivity contribution in [1.29, 1.82) is 0 Å². The molecule has 9 heteroatoms. The number of rotatable bonds is 7. The van der Waals surface area contributed by atoms with E-state index >= 15 is 0 Å². The van der Waals surface area contributed by atoms with Crippen LogP contribution < -0.4 is 10.1 Å². The highest BCUT2D eigenvalue weighted by molar-refractivity contribution is 6.05. The average molecular weight is 476 g/mol. The molecule has 1 atom stereocenters. The molecule has 0 aliphatic carbocycles. The summed E-state index contributed by atoms with van der Waals surface area (Å²) in [6, 6.07) is 5.47. The Morgan fingerprint density at radius 3 is 2.68 bits per heavy atom. The Balaban J connectivity index is 1.98. The Morgan fingerprint density at radius 2 is 2.03 bits per heavy atom. The van der Waals surface area contributed by atoms with Crippen LogP contribution in [-0.4, -0.2) is 54.5 Å². The van der Waals surface area contributed by atoms with Crippen LogP contribution in [0.1, 0.15) is 77.5 Å². The number of nitrogens with one attached hydrogen (secondary N) is 1. The topological polar surface area (TPSA) is 98.7 Å². The van der Waals surface area contributed by atoms with Crippen molar-refractivity contribution in [2.45, 2.75) is 84.1 Å². The van der Waals surface area contributed by atoms with Crippen LogP contribution >= 0.6 is 0 Å². The first-order valence-electron chi connectivity index (χ1n) is 11.9. The molecule has 0 fully saturated rings. The van der Waals surface area contributed by atoms with Crippen LogP contribution in [-0.2, 0) is 25.6 Å². The van der Waals surface area contributed by atoms with E-state index in [1.807, 2.05) is 32.0 Å². The maximum absolute atomic E-state index is 13.6. The van der Waals surface area contributed by atoms with E-state index < -0.39 is 17.2 Å². The predicted molar refractivity (Wildman–Crippen MR) is 128 cm³/mol. The smallest absolute Gasteiger partial charge is 0.414 e. The molecular formula is C25H37N3O6. The molecule has 2 heterocycles. The molecule has 2 amide bonds. The van der Waals surface area contributed by atoms with Gasteiger partial charge < -0.3 is 18.9 Å². The number of carbonyl (C=O) groups excluding carboxylic acids is 2. The molecule has 34 heavy (non-hydrogen) atoms. The standard InChI is InChI=1S/C25H37N3O6/c1-7-25(8-2)14-21(29)28(22(27-25)26-23(30)34-24(3,4)5)19-11-12-33-20-10-9-17(13-18(19)20)15-32-16-31-6/h9-10,13,19H,7-8,11-12,14-16H2,1-6H3,(H,26,27,30)/t19-/m1/s1. The van der Waals surface area contributed by atoms with Gasteiger partial charge in [0.1, 0.15) is 18.1 Å². The van der Waals surface area contributed by atoms with Crippen LogP contribution in [0.2, 0.25) is 0 Å². The van der Waals surface area contributed by atoms with Gasteiger partial charge in [0, 0.05) is 19.1 Å². The molecule has 2 aliphatic rings. The van der Waals surface area contributed by atoms with Gasteiger partial charge in [-0.2, -0.15) is 0 Å². The van der Waals surface area contributed by atoms with Crippen LogP contribution in [0.25, 0.3) is 0 Å². The van der Waals surface area contributed by atoms with Crippen molar-refractivity contribution < 1.29 is 28.5 Å². The lowest BCUT2D eigenvalue weighted by Crippen LogP contribution is -2.56. The van der Waals surface area contributed by atoms with E-state index in [1.165, 1.54) is 0 Å². The summed E-state index contributed by atoms with van der Waals surface area (Å²) in [5.41, 5.74) is 0.563. The molecule has 0 spiro atoms. The molecular weight excluding hydrogens is 438 g/mol. The maximum Gasteiger partial charge on any atom is 0.414 e. The van der Waals surface area contributed by atoms with Crippen LogP contribution in [0, 0.1) is 0 Å². The fourth-order valence-electron chi connectivity index (χ4n) is 4.29. The summed E-state index contributed by atoms with van der Waals surface area (Å²) in [4.78, 5) is 32.8. The van der Waals surface area contributed by atoms with E-state index in [2.05, 4.69) is 5.32 Å². The highest BCUT2D eigenvalue weighted by Crippen LogP contribution is 2.40. The number of aliphatic imine (C=N–C) groups is 1. The van der Waals surface area contributed by atoms with E-state index in [4.69, 9.17) is 23.9 Å². The molecule has 0 unspecified atom stereocenters. The molecule has 2 aliphatic heterocycles. The molecule has 0 aromatic heterocycles. The molecule has 0 radical (unpaired) electrons. The van der Waals surface area contributed by atoms with E-state index in [9.17, 15) is 9.59 Å². The number of nitrogens with zero attached hydrogens (tertiary/aromatic N) is 2. The summed E-state index contributed by atoms with van der Waals surface area (Å²) in [6.07, 6.45) is 1.59. The van der Waals surface area contributed by atoms with Gasteiger partial charge in [-0.1, -0.05) is 19.9 Å². The number of carbonyl (C=O) groups is 2. The maximum atomic E-state index is 13.6. The summed E-state index contributed by atoms with van der Waals surface area (Å²) in [7, 11) is 1.57. The minimum Gasteiger partial charge on any atom is -0.493 e. The Hall–Kier alpha value is -2.65. The van der Waals surface area contributed by atoms with Crippen molar-refractivity contribution in [1.82, 2.24) is 10.2 Å². The van der Waals surface area contributed by atoms with Gasteiger partial charge in [-0.05, 0) is 51.3 Å². The van der Waals surface area contributed by atoms with Crippen molar-refractivity contribution in [3.63, 3.8) is 0 Å². The van der Waals surface area contributed by atoms with Gasteiger partial charge in [0.2, 0.25) is 11.9 Å². The van der Waals surface area contributed by atoms with Gasteiger partial charge in [0.05, 0.1) is 31.2 Å². The Kier molecular flexibility index (Phi) is 8.20. The van der Waals surface area contributed by atoms with Gasteiger partial charge in [-0.15, -0.1) is 0 Å². The summed E-state index contributed by atoms with van der Waals surface area (Å²) in [6.45, 7) is 10.4. The Bertz CT molecular complexity index is 920. The molecule has 1 aromatic rings. The molecule has 0 bridgehead atoms. The minimum absolute atomic E-state index is 0.0800. The number of fused-ring (bicyclic) bond motifs is 1. The van der Waals surface area contributed by atoms with Crippen LogP contribution in [0.3, 0.4) is 0 Å². The summed E-state index contributed by atoms with van der Waals surface area (Å²) < 4.78 is 21.8. The lowest BCUT2D eigenvalue weighted by Gasteiger charge is -2.42. The fraction of sp³-hybridized carbons (Fsp3) is 0.640. The van der Waals surface area contributed by atoms with Crippen LogP contribution in [0.5, 0.6) is 5.75 Å². The summed E-state index contributed by atoms with van der Waals surface area (Å²) in [5.74, 6) is 0.857. The van der Waals surface area contributed by atoms with Gasteiger partial charge in [-0.3, -0.25) is 15.0 Å². The third kappa shape index (κ3) is 6.07. The number of amides is 2. The minimum atomic E-state index is -0.677. The Labute approximate surface area is 201 Å². The summed E-state index contributed by atoms with van der Waals surface area (Å²) >= 11 is 0. The van der Waals surface area contributed by atoms with Crippen molar-refractivity contribution in [3.05, 3.63) is 29.3 Å². The normalized spacial score (nSPS) is 19.7. The van der Waals surface area contributed by atoms with Crippen molar-refractivity contribution in [2.24, 2.45) is 4.99 Å². The quantitative estimate of drug-likeness (QED) is 0.466. The second kappa shape index (κ2) is 10.7. The Morgan fingerprint density at radius 1 is 1.29 bits per heavy atom. The van der Waals surface area contributed by atoms with E-state index in [-0.39, 0.29) is 31.1 Å². The number of guanidine groups is 1. The van der Waals surface area contributed by atoms with Gasteiger partial charge >= 0.3 is 6.09 Å². The largest absolute Gasteiger partial charge is 0.493 e. The highest BCUT2D eigenvalue weighted by Gasteiger charge is 2.43. The first-order valence-corrected chi connectivity index (χ1v) is 11.9. The monoisotopic (exact) mass is 475 g/mol. The number of ether oxygens (including phenoxy) is 4. The molecule has 1 N–H and O–H groups in total. The number of benzene rings is 1. The van der Waals surface area contributed by atoms with Gasteiger partial charge in [0.25, 0.3) is 0 Å². The van der Waals surface area contributed by atoms with Crippen molar-refractivity contribution in [3.8, 4) is 5.75 Å². The first-order chi connectivity index (χ1) is 16.1. The SMILES string of the molecule is CCC1(CC)CC(=O)N([C@@H]2CCOc3ccc(COCOC)cc32)C(NC(=O)OC(C)(C)C)=N1. The zero-order valence-electron chi connectivity index (χ0n) is 21.1. The van der Waals surface area contributed by atoms with E-state index in [0.29, 0.717) is 38.2 Å². The molecule has 0 saturated carbocycles. The zero-order valence-corrected chi connectivity index (χ0v) is 21.1. The second-order valence-corrected chi connectivity index (χ2v) is 9.71. The lowest BCUT2D eigenvalue weighted by atomic mass is 9.86. The third-order valence-electron chi connectivity index (χ3n) is 6.11. The number of alkyl carbamates (subject to hydrolysis) is 1. The molecule has 9 nitrogen and oxygen atoms in total. The predicted octanol–water partition coefficient (Wildman–Crippen LogP) is 4.30. The van der Waals surface area contributed by atoms with E-state index in [1.54, 1.807) is 32.8 Å². The van der Waals surface area contributed by atoms with Gasteiger partial charge in [-0.25, -0.2) is 9.79 Å². The average Bonchev–Trinajstić information content (AvgIpc) is 2.77. The van der Waals surface area contributed by atoms with Gasteiger partial charge in [0.15, 0.2) is 0 Å². The molecule has 0 saturated heterocycles. The lowest BCUT2D eigenvalue weighted by molar-refractivity contribution is -0.132. The van der Waals surface area contributed by atoms with Crippen molar-refractivity contribution in [2.75, 3.05) is 20.5 Å². The number of methoxy groups -OCH3 is 1.